The van der Waals surface area contributed by atoms with Gasteiger partial charge in [0.1, 0.15) is 5.69 Å². The second-order valence-corrected chi connectivity index (χ2v) is 5.66. The summed E-state index contributed by atoms with van der Waals surface area (Å²) in [5, 5.41) is 0.0506. The van der Waals surface area contributed by atoms with Crippen LogP contribution in [0.25, 0.3) is 0 Å². The molecule has 2 unspecified atom stereocenters. The van der Waals surface area contributed by atoms with Crippen molar-refractivity contribution in [2.45, 2.75) is 32.7 Å². The predicted octanol–water partition coefficient (Wildman–Crippen LogP) is 3.71. The molecular formula is C16H20ClNO2. The van der Waals surface area contributed by atoms with Gasteiger partial charge in [0.2, 0.25) is 0 Å². The molecule has 0 aromatic carbocycles. The van der Waals surface area contributed by atoms with Crippen molar-refractivity contribution in [3.05, 3.63) is 47.3 Å². The predicted molar refractivity (Wildman–Crippen MR) is 81.2 cm³/mol. The van der Waals surface area contributed by atoms with E-state index < -0.39 is 0 Å². The van der Waals surface area contributed by atoms with Crippen LogP contribution >= 0.6 is 11.6 Å². The van der Waals surface area contributed by atoms with Crippen molar-refractivity contribution in [3.8, 4) is 0 Å². The molecule has 1 aliphatic carbocycles. The highest BCUT2D eigenvalue weighted by molar-refractivity contribution is 6.22. The summed E-state index contributed by atoms with van der Waals surface area (Å²) >= 11 is 6.15. The van der Waals surface area contributed by atoms with Crippen LogP contribution in [0.4, 0.5) is 0 Å². The summed E-state index contributed by atoms with van der Waals surface area (Å²) in [6.07, 6.45) is 8.16. The summed E-state index contributed by atoms with van der Waals surface area (Å²) in [5.41, 5.74) is 2.81. The van der Waals surface area contributed by atoms with Gasteiger partial charge in [-0.2, -0.15) is 0 Å². The third-order valence-corrected chi connectivity index (χ3v) is 3.89. The number of ether oxygens (including phenoxy) is 1. The van der Waals surface area contributed by atoms with Crippen LogP contribution in [0.3, 0.4) is 0 Å². The van der Waals surface area contributed by atoms with Gasteiger partial charge in [-0.1, -0.05) is 25.2 Å². The lowest BCUT2D eigenvalue weighted by atomic mass is 9.97. The van der Waals surface area contributed by atoms with Gasteiger partial charge < -0.3 is 9.30 Å². The highest BCUT2D eigenvalue weighted by Crippen LogP contribution is 2.23. The van der Waals surface area contributed by atoms with E-state index in [0.29, 0.717) is 24.8 Å². The first-order valence-electron chi connectivity index (χ1n) is 6.88. The molecule has 0 radical (unpaired) electrons. The number of hydrogen-bond donors (Lipinski definition) is 0. The van der Waals surface area contributed by atoms with E-state index in [1.165, 1.54) is 0 Å². The Hall–Kier alpha value is -1.48. The topological polar surface area (TPSA) is 31.2 Å². The summed E-state index contributed by atoms with van der Waals surface area (Å²) < 4.78 is 7.03. The number of aryl methyl sites for hydroxylation is 1. The Labute approximate surface area is 124 Å². The van der Waals surface area contributed by atoms with Crippen LogP contribution in [-0.2, 0) is 11.3 Å². The maximum absolute atomic E-state index is 11.9. The molecule has 0 fully saturated rings. The first-order valence-corrected chi connectivity index (χ1v) is 7.31. The minimum atomic E-state index is -0.274. The standard InChI is InChI=1S/C16H20ClNO2/c1-4-20-16(19)15-7-11(2)9-18(15)10-13-5-6-14(17)12(3)8-13/h5-9,12,14H,4,10H2,1-3H3. The Balaban J connectivity index is 2.20. The lowest BCUT2D eigenvalue weighted by molar-refractivity contribution is 0.0514. The molecule has 108 valence electrons. The number of aromatic nitrogens is 1. The molecule has 2 rings (SSSR count). The number of nitrogens with zero attached hydrogens (tertiary/aromatic N) is 1. The van der Waals surface area contributed by atoms with Crippen LogP contribution in [0.15, 0.2) is 36.1 Å². The fraction of sp³-hybridized carbons (Fsp3) is 0.438. The Morgan fingerprint density at radius 3 is 2.90 bits per heavy atom. The van der Waals surface area contributed by atoms with E-state index in [-0.39, 0.29) is 11.3 Å². The van der Waals surface area contributed by atoms with E-state index in [0.717, 1.165) is 11.1 Å². The highest BCUT2D eigenvalue weighted by atomic mass is 35.5. The van der Waals surface area contributed by atoms with E-state index in [2.05, 4.69) is 13.0 Å². The zero-order valence-electron chi connectivity index (χ0n) is 12.1. The third-order valence-electron chi connectivity index (χ3n) is 3.34. The molecule has 0 saturated heterocycles. The Kier molecular flexibility index (Phi) is 4.71. The van der Waals surface area contributed by atoms with Crippen molar-refractivity contribution < 1.29 is 9.53 Å². The van der Waals surface area contributed by atoms with Gasteiger partial charge in [0.25, 0.3) is 0 Å². The molecule has 1 heterocycles. The number of carbonyl (C=O) groups excluding carboxylic acids is 1. The average molecular weight is 294 g/mol. The molecule has 3 nitrogen and oxygen atoms in total. The van der Waals surface area contributed by atoms with Gasteiger partial charge in [-0.05, 0) is 37.0 Å². The highest BCUT2D eigenvalue weighted by Gasteiger charge is 2.17. The van der Waals surface area contributed by atoms with Crippen LogP contribution in [0.5, 0.6) is 0 Å². The van der Waals surface area contributed by atoms with E-state index in [9.17, 15) is 4.79 Å². The summed E-state index contributed by atoms with van der Waals surface area (Å²) in [7, 11) is 0. The number of rotatable bonds is 4. The van der Waals surface area contributed by atoms with Gasteiger partial charge in [0, 0.05) is 12.7 Å². The largest absolute Gasteiger partial charge is 0.461 e. The van der Waals surface area contributed by atoms with Crippen LogP contribution in [0.2, 0.25) is 0 Å². The number of hydrogen-bond acceptors (Lipinski definition) is 2. The van der Waals surface area contributed by atoms with Crippen molar-refractivity contribution in [1.82, 2.24) is 4.57 Å². The molecule has 2 atom stereocenters. The monoisotopic (exact) mass is 293 g/mol. The second kappa shape index (κ2) is 6.31. The summed E-state index contributed by atoms with van der Waals surface area (Å²) in [6, 6.07) is 1.86. The van der Waals surface area contributed by atoms with E-state index in [4.69, 9.17) is 16.3 Å². The average Bonchev–Trinajstić information content (AvgIpc) is 2.75. The van der Waals surface area contributed by atoms with E-state index in [1.807, 2.05) is 42.8 Å². The molecule has 0 N–H and O–H groups in total. The maximum atomic E-state index is 11.9. The van der Waals surface area contributed by atoms with Gasteiger partial charge in [0.15, 0.2) is 0 Å². The normalized spacial score (nSPS) is 21.7. The van der Waals surface area contributed by atoms with Crippen molar-refractivity contribution in [1.29, 1.82) is 0 Å². The van der Waals surface area contributed by atoms with Crippen molar-refractivity contribution in [2.24, 2.45) is 5.92 Å². The molecule has 4 heteroatoms. The summed E-state index contributed by atoms with van der Waals surface area (Å²) in [4.78, 5) is 11.9. The lowest BCUT2D eigenvalue weighted by Crippen LogP contribution is -2.15. The summed E-state index contributed by atoms with van der Waals surface area (Å²) in [6.45, 7) is 6.92. The molecule has 0 amide bonds. The fourth-order valence-electron chi connectivity index (χ4n) is 2.34. The van der Waals surface area contributed by atoms with Gasteiger partial charge in [-0.3, -0.25) is 0 Å². The fourth-order valence-corrected chi connectivity index (χ4v) is 2.49. The number of esters is 1. The van der Waals surface area contributed by atoms with Gasteiger partial charge in [-0.15, -0.1) is 11.6 Å². The smallest absolute Gasteiger partial charge is 0.354 e. The zero-order valence-corrected chi connectivity index (χ0v) is 12.9. The number of allylic oxidation sites excluding steroid dienone is 4. The van der Waals surface area contributed by atoms with Crippen LogP contribution < -0.4 is 0 Å². The first kappa shape index (κ1) is 14.9. The van der Waals surface area contributed by atoms with E-state index >= 15 is 0 Å². The molecule has 1 aromatic rings. The minimum Gasteiger partial charge on any atom is -0.461 e. The van der Waals surface area contributed by atoms with Gasteiger partial charge >= 0.3 is 5.97 Å². The van der Waals surface area contributed by atoms with Crippen LogP contribution in [0, 0.1) is 12.8 Å². The number of halogens is 1. The van der Waals surface area contributed by atoms with Crippen LogP contribution in [0.1, 0.15) is 29.9 Å². The van der Waals surface area contributed by atoms with Crippen molar-refractivity contribution in [3.63, 3.8) is 0 Å². The molecule has 1 aliphatic rings. The van der Waals surface area contributed by atoms with E-state index in [1.54, 1.807) is 0 Å². The van der Waals surface area contributed by atoms with Crippen molar-refractivity contribution >= 4 is 17.6 Å². The molecule has 20 heavy (non-hydrogen) atoms. The second-order valence-electron chi connectivity index (χ2n) is 5.16. The SMILES string of the molecule is CCOC(=O)c1cc(C)cn1CC1=CC(C)C(Cl)C=C1. The molecule has 1 aromatic heterocycles. The quantitative estimate of drug-likeness (QED) is 0.626. The lowest BCUT2D eigenvalue weighted by Gasteiger charge is -2.18. The molecular weight excluding hydrogens is 274 g/mol. The first-order chi connectivity index (χ1) is 9.51. The third kappa shape index (κ3) is 3.34. The number of alkyl halides is 1. The molecule has 0 bridgehead atoms. The Morgan fingerprint density at radius 2 is 2.25 bits per heavy atom. The molecule has 0 saturated carbocycles. The van der Waals surface area contributed by atoms with Gasteiger partial charge in [-0.25, -0.2) is 4.79 Å². The van der Waals surface area contributed by atoms with Crippen LogP contribution in [-0.4, -0.2) is 22.5 Å². The zero-order chi connectivity index (χ0) is 14.7. The van der Waals surface area contributed by atoms with Gasteiger partial charge in [0.05, 0.1) is 12.0 Å². The van der Waals surface area contributed by atoms with Crippen molar-refractivity contribution in [2.75, 3.05) is 6.61 Å². The molecule has 0 aliphatic heterocycles. The summed E-state index contributed by atoms with van der Waals surface area (Å²) in [5.74, 6) is 0.0311. The minimum absolute atomic E-state index is 0.0506. The Bertz CT molecular complexity index is 557. The number of carbonyl (C=O) groups is 1. The maximum Gasteiger partial charge on any atom is 0.354 e. The Morgan fingerprint density at radius 1 is 1.50 bits per heavy atom. The molecule has 0 spiro atoms.